The molecule has 0 saturated heterocycles. The molecule has 2 aromatic carbocycles. The summed E-state index contributed by atoms with van der Waals surface area (Å²) < 4.78 is 23.7. The Labute approximate surface area is 123 Å². The highest BCUT2D eigenvalue weighted by atomic mass is 19.1. The van der Waals surface area contributed by atoms with Crippen molar-refractivity contribution in [3.8, 4) is 28.6 Å². The molecule has 112 valence electrons. The second-order valence-electron chi connectivity index (χ2n) is 4.64. The summed E-state index contributed by atoms with van der Waals surface area (Å²) in [6, 6.07) is 7.56. The molecule has 5 nitrogen and oxygen atoms in total. The van der Waals surface area contributed by atoms with Gasteiger partial charge < -0.3 is 19.4 Å². The number of fused-ring (bicyclic) bond motifs is 1. The molecular weight excluding hydrogens is 291 g/mol. The molecule has 0 aliphatic carbocycles. The first kappa shape index (κ1) is 13.9. The molecule has 6 heteroatoms. The molecule has 0 bridgehead atoms. The molecule has 22 heavy (non-hydrogen) atoms. The molecular formula is C16H11FO5. The first-order valence-corrected chi connectivity index (χ1v) is 6.34. The van der Waals surface area contributed by atoms with E-state index in [1.165, 1.54) is 37.4 Å². The second-order valence-corrected chi connectivity index (χ2v) is 4.64. The average molecular weight is 302 g/mol. The van der Waals surface area contributed by atoms with Crippen LogP contribution in [0.4, 0.5) is 4.39 Å². The van der Waals surface area contributed by atoms with Crippen LogP contribution < -0.4 is 10.2 Å². The summed E-state index contributed by atoms with van der Waals surface area (Å²) in [7, 11) is 1.29. The zero-order valence-electron chi connectivity index (χ0n) is 11.5. The third kappa shape index (κ3) is 2.14. The molecule has 0 unspecified atom stereocenters. The van der Waals surface area contributed by atoms with E-state index in [9.17, 15) is 19.4 Å². The number of hydrogen-bond donors (Lipinski definition) is 2. The molecule has 0 radical (unpaired) electrons. The predicted octanol–water partition coefficient (Wildman–Crippen LogP) is 3.02. The highest BCUT2D eigenvalue weighted by Gasteiger charge is 2.19. The fourth-order valence-corrected chi connectivity index (χ4v) is 2.24. The molecule has 1 aromatic heterocycles. The lowest BCUT2D eigenvalue weighted by molar-refractivity contribution is 0.397. The number of methoxy groups -OCH3 is 1. The largest absolute Gasteiger partial charge is 0.508 e. The van der Waals surface area contributed by atoms with Gasteiger partial charge >= 0.3 is 0 Å². The van der Waals surface area contributed by atoms with Crippen LogP contribution in [0.15, 0.2) is 45.6 Å². The lowest BCUT2D eigenvalue weighted by atomic mass is 10.1. The highest BCUT2D eigenvalue weighted by Crippen LogP contribution is 2.35. The van der Waals surface area contributed by atoms with Gasteiger partial charge in [0.1, 0.15) is 28.3 Å². The lowest BCUT2D eigenvalue weighted by Crippen LogP contribution is -2.07. The Morgan fingerprint density at radius 1 is 1.14 bits per heavy atom. The van der Waals surface area contributed by atoms with Crippen molar-refractivity contribution >= 4 is 11.0 Å². The number of aromatic hydroxyl groups is 2. The van der Waals surface area contributed by atoms with E-state index in [0.717, 1.165) is 6.07 Å². The fraction of sp³-hybridized carbons (Fsp3) is 0.0625. The Kier molecular flexibility index (Phi) is 3.21. The van der Waals surface area contributed by atoms with Gasteiger partial charge in [0.25, 0.3) is 0 Å². The molecule has 0 atom stereocenters. The summed E-state index contributed by atoms with van der Waals surface area (Å²) in [6.07, 6.45) is 0. The van der Waals surface area contributed by atoms with Crippen molar-refractivity contribution in [1.29, 1.82) is 0 Å². The fourth-order valence-electron chi connectivity index (χ4n) is 2.24. The van der Waals surface area contributed by atoms with Gasteiger partial charge in [-0.15, -0.1) is 0 Å². The van der Waals surface area contributed by atoms with Crippen molar-refractivity contribution < 1.29 is 23.8 Å². The number of ether oxygens (including phenoxy) is 1. The standard InChI is InChI=1S/C16H11FO5/c1-21-16-14(20)13-11(19)6-10(18)7-12(13)22-15(16)8-2-4-9(17)5-3-8/h2-7,18-19H,1H3. The summed E-state index contributed by atoms with van der Waals surface area (Å²) in [5.74, 6) is -1.11. The van der Waals surface area contributed by atoms with Gasteiger partial charge in [-0.1, -0.05) is 0 Å². The summed E-state index contributed by atoms with van der Waals surface area (Å²) in [5, 5.41) is 19.3. The third-order valence-electron chi connectivity index (χ3n) is 3.23. The maximum Gasteiger partial charge on any atom is 0.239 e. The third-order valence-corrected chi connectivity index (χ3v) is 3.23. The Morgan fingerprint density at radius 3 is 2.45 bits per heavy atom. The normalized spacial score (nSPS) is 10.8. The van der Waals surface area contributed by atoms with Crippen LogP contribution in [-0.2, 0) is 0 Å². The van der Waals surface area contributed by atoms with E-state index < -0.39 is 17.0 Å². The van der Waals surface area contributed by atoms with Gasteiger partial charge in [-0.2, -0.15) is 0 Å². The van der Waals surface area contributed by atoms with E-state index in [1.807, 2.05) is 0 Å². The molecule has 0 saturated carbocycles. The lowest BCUT2D eigenvalue weighted by Gasteiger charge is -2.10. The average Bonchev–Trinajstić information content (AvgIpc) is 2.47. The minimum Gasteiger partial charge on any atom is -0.508 e. The number of hydrogen-bond acceptors (Lipinski definition) is 5. The van der Waals surface area contributed by atoms with Crippen molar-refractivity contribution in [3.63, 3.8) is 0 Å². The summed E-state index contributed by atoms with van der Waals surface area (Å²) in [4.78, 5) is 12.5. The van der Waals surface area contributed by atoms with E-state index in [1.54, 1.807) is 0 Å². The van der Waals surface area contributed by atoms with E-state index in [0.29, 0.717) is 5.56 Å². The minimum absolute atomic E-state index is 0.00243. The Bertz CT molecular complexity index is 912. The van der Waals surface area contributed by atoms with Crippen molar-refractivity contribution in [2.75, 3.05) is 7.11 Å². The molecule has 3 rings (SSSR count). The van der Waals surface area contributed by atoms with Crippen LogP contribution in [0.3, 0.4) is 0 Å². The van der Waals surface area contributed by atoms with E-state index in [-0.39, 0.29) is 28.2 Å². The van der Waals surface area contributed by atoms with Crippen molar-refractivity contribution in [1.82, 2.24) is 0 Å². The number of halogens is 1. The molecule has 0 amide bonds. The van der Waals surface area contributed by atoms with Crippen LogP contribution >= 0.6 is 0 Å². The summed E-state index contributed by atoms with van der Waals surface area (Å²) in [5.41, 5.74) is -0.150. The number of rotatable bonds is 2. The van der Waals surface area contributed by atoms with Crippen LogP contribution in [0, 0.1) is 5.82 Å². The molecule has 0 aliphatic rings. The van der Waals surface area contributed by atoms with Crippen molar-refractivity contribution in [3.05, 3.63) is 52.4 Å². The van der Waals surface area contributed by atoms with Gasteiger partial charge in [0, 0.05) is 17.7 Å². The van der Waals surface area contributed by atoms with Gasteiger partial charge in [0.2, 0.25) is 11.2 Å². The number of phenols is 2. The Hall–Kier alpha value is -3.02. The van der Waals surface area contributed by atoms with Gasteiger partial charge in [0.15, 0.2) is 5.76 Å². The topological polar surface area (TPSA) is 79.9 Å². The van der Waals surface area contributed by atoms with Gasteiger partial charge in [-0.3, -0.25) is 4.79 Å². The van der Waals surface area contributed by atoms with Crippen LogP contribution in [0.2, 0.25) is 0 Å². The van der Waals surface area contributed by atoms with Gasteiger partial charge in [0.05, 0.1) is 7.11 Å². The summed E-state index contributed by atoms with van der Waals surface area (Å²) in [6.45, 7) is 0. The number of benzene rings is 2. The number of phenolic OH excluding ortho intramolecular Hbond substituents is 2. The monoisotopic (exact) mass is 302 g/mol. The van der Waals surface area contributed by atoms with Gasteiger partial charge in [-0.25, -0.2) is 4.39 Å². The maximum absolute atomic E-state index is 13.0. The zero-order valence-corrected chi connectivity index (χ0v) is 11.5. The molecule has 0 fully saturated rings. The van der Waals surface area contributed by atoms with E-state index >= 15 is 0 Å². The minimum atomic E-state index is -0.583. The SMILES string of the molecule is COc1c(-c2ccc(F)cc2)oc2cc(O)cc(O)c2c1=O. The van der Waals surface area contributed by atoms with Crippen LogP contribution in [0.5, 0.6) is 17.2 Å². The van der Waals surface area contributed by atoms with Crippen LogP contribution in [0.25, 0.3) is 22.3 Å². The first-order chi connectivity index (χ1) is 10.5. The predicted molar refractivity (Wildman–Crippen MR) is 77.8 cm³/mol. The maximum atomic E-state index is 13.0. The van der Waals surface area contributed by atoms with E-state index in [4.69, 9.17) is 9.15 Å². The molecule has 2 N–H and O–H groups in total. The zero-order chi connectivity index (χ0) is 15.9. The quantitative estimate of drug-likeness (QED) is 0.760. The second kappa shape index (κ2) is 5.07. The molecule has 0 aliphatic heterocycles. The summed E-state index contributed by atoms with van der Waals surface area (Å²) >= 11 is 0. The first-order valence-electron chi connectivity index (χ1n) is 6.34. The molecule has 0 spiro atoms. The van der Waals surface area contributed by atoms with Crippen molar-refractivity contribution in [2.24, 2.45) is 0 Å². The molecule has 3 aromatic rings. The van der Waals surface area contributed by atoms with Crippen LogP contribution in [0.1, 0.15) is 0 Å². The smallest absolute Gasteiger partial charge is 0.239 e. The highest BCUT2D eigenvalue weighted by molar-refractivity contribution is 5.88. The van der Waals surface area contributed by atoms with E-state index in [2.05, 4.69) is 0 Å². The van der Waals surface area contributed by atoms with Crippen molar-refractivity contribution in [2.45, 2.75) is 0 Å². The molecule has 1 heterocycles. The van der Waals surface area contributed by atoms with Gasteiger partial charge in [-0.05, 0) is 24.3 Å². The van der Waals surface area contributed by atoms with Crippen LogP contribution in [-0.4, -0.2) is 17.3 Å². The Morgan fingerprint density at radius 2 is 1.82 bits per heavy atom. The Balaban J connectivity index is 2.40.